The maximum Gasteiger partial charge on any atom is 0.283 e. The summed E-state index contributed by atoms with van der Waals surface area (Å²) in [7, 11) is 0. The van der Waals surface area contributed by atoms with E-state index in [0.717, 1.165) is 0 Å². The number of aromatic nitrogens is 2. The van der Waals surface area contributed by atoms with Crippen LogP contribution in [0.4, 0.5) is 0 Å². The van der Waals surface area contributed by atoms with E-state index in [9.17, 15) is 4.79 Å². The average Bonchev–Trinajstić information content (AvgIpc) is 2.88. The van der Waals surface area contributed by atoms with Gasteiger partial charge in [-0.15, -0.1) is 10.2 Å². The highest BCUT2D eigenvalue weighted by Crippen LogP contribution is 2.31. The number of hydrogen-bond acceptors (Lipinski definition) is 4. The zero-order valence-corrected chi connectivity index (χ0v) is 11.3. The molecule has 0 bridgehead atoms. The maximum atomic E-state index is 12.0. The highest BCUT2D eigenvalue weighted by Gasteiger charge is 2.24. The van der Waals surface area contributed by atoms with Crippen molar-refractivity contribution in [1.82, 2.24) is 10.2 Å². The molecule has 0 radical (unpaired) electrons. The minimum Gasteiger partial charge on any atom is -0.418 e. The van der Waals surface area contributed by atoms with Crippen molar-refractivity contribution in [2.75, 3.05) is 0 Å². The lowest BCUT2D eigenvalue weighted by atomic mass is 9.79. The quantitative estimate of drug-likeness (QED) is 0.751. The van der Waals surface area contributed by atoms with Gasteiger partial charge in [-0.1, -0.05) is 46.0 Å². The van der Waals surface area contributed by atoms with Gasteiger partial charge in [0.1, 0.15) is 0 Å². The third-order valence-electron chi connectivity index (χ3n) is 3.97. The Hall–Kier alpha value is -1.19. The number of Topliss-reactive ketones (excluding diaryl/α,β-unsaturated/α-hetero) is 1. The summed E-state index contributed by atoms with van der Waals surface area (Å²) >= 11 is 0. The summed E-state index contributed by atoms with van der Waals surface area (Å²) < 4.78 is 5.31. The van der Waals surface area contributed by atoms with Crippen LogP contribution in [0.25, 0.3) is 0 Å². The number of carbonyl (C=O) groups is 1. The largest absolute Gasteiger partial charge is 0.418 e. The number of nitrogens with zero attached hydrogens (tertiary/aromatic N) is 2. The van der Waals surface area contributed by atoms with E-state index in [1.165, 1.54) is 32.1 Å². The Balaban J connectivity index is 1.89. The van der Waals surface area contributed by atoms with Gasteiger partial charge in [0.25, 0.3) is 5.89 Å². The van der Waals surface area contributed by atoms with Crippen molar-refractivity contribution in [2.24, 2.45) is 11.8 Å². The van der Waals surface area contributed by atoms with Crippen LogP contribution in [0.2, 0.25) is 0 Å². The molecule has 2 rings (SSSR count). The van der Waals surface area contributed by atoms with Gasteiger partial charge in [0, 0.05) is 12.8 Å². The molecular formula is C14H22N2O2. The SMILES string of the molecule is CCc1nnc(C(=O)C[C@H](C)C2CCCCC2)o1. The molecule has 1 aliphatic carbocycles. The lowest BCUT2D eigenvalue weighted by molar-refractivity contribution is 0.0903. The first-order valence-electron chi connectivity index (χ1n) is 7.06. The van der Waals surface area contributed by atoms with Gasteiger partial charge >= 0.3 is 0 Å². The molecule has 1 aromatic rings. The third-order valence-corrected chi connectivity index (χ3v) is 3.97. The van der Waals surface area contributed by atoms with Crippen LogP contribution < -0.4 is 0 Å². The molecular weight excluding hydrogens is 228 g/mol. The standard InChI is InChI=1S/C14H22N2O2/c1-3-13-15-16-14(18-13)12(17)9-10(2)11-7-5-4-6-8-11/h10-11H,3-9H2,1-2H3/t10-/m0/s1. The summed E-state index contributed by atoms with van der Waals surface area (Å²) in [6.07, 6.45) is 7.71. The van der Waals surface area contributed by atoms with Gasteiger partial charge in [0.15, 0.2) is 0 Å². The summed E-state index contributed by atoms with van der Waals surface area (Å²) in [5.74, 6) is 1.85. The van der Waals surface area contributed by atoms with Crippen molar-refractivity contribution in [3.05, 3.63) is 11.8 Å². The molecule has 100 valence electrons. The number of rotatable bonds is 5. The fourth-order valence-electron chi connectivity index (χ4n) is 2.76. The van der Waals surface area contributed by atoms with Crippen LogP contribution in [-0.4, -0.2) is 16.0 Å². The zero-order valence-electron chi connectivity index (χ0n) is 11.3. The first kappa shape index (κ1) is 13.2. The Kier molecular flexibility index (Phi) is 4.50. The summed E-state index contributed by atoms with van der Waals surface area (Å²) in [5, 5.41) is 7.66. The topological polar surface area (TPSA) is 56.0 Å². The van der Waals surface area contributed by atoms with E-state index in [2.05, 4.69) is 17.1 Å². The number of carbonyl (C=O) groups excluding carboxylic acids is 1. The molecule has 1 aromatic heterocycles. The van der Waals surface area contributed by atoms with Crippen LogP contribution in [0.3, 0.4) is 0 Å². The van der Waals surface area contributed by atoms with Gasteiger partial charge in [-0.05, 0) is 11.8 Å². The molecule has 4 heteroatoms. The number of aryl methyl sites for hydroxylation is 1. The predicted octanol–water partition coefficient (Wildman–Crippen LogP) is 3.42. The maximum absolute atomic E-state index is 12.0. The second kappa shape index (κ2) is 6.12. The predicted molar refractivity (Wildman–Crippen MR) is 68.4 cm³/mol. The Morgan fingerprint density at radius 2 is 2.06 bits per heavy atom. The summed E-state index contributed by atoms with van der Waals surface area (Å²) in [5.41, 5.74) is 0. The zero-order chi connectivity index (χ0) is 13.0. The molecule has 1 aliphatic rings. The van der Waals surface area contributed by atoms with E-state index in [-0.39, 0.29) is 11.7 Å². The van der Waals surface area contributed by atoms with E-state index < -0.39 is 0 Å². The van der Waals surface area contributed by atoms with E-state index >= 15 is 0 Å². The van der Waals surface area contributed by atoms with Crippen molar-refractivity contribution in [3.8, 4) is 0 Å². The molecule has 1 heterocycles. The molecule has 1 saturated carbocycles. The Morgan fingerprint density at radius 1 is 1.33 bits per heavy atom. The molecule has 0 unspecified atom stereocenters. The van der Waals surface area contributed by atoms with Crippen LogP contribution in [0.15, 0.2) is 4.42 Å². The van der Waals surface area contributed by atoms with Crippen LogP contribution in [-0.2, 0) is 6.42 Å². The van der Waals surface area contributed by atoms with Crippen molar-refractivity contribution in [2.45, 2.75) is 58.8 Å². The van der Waals surface area contributed by atoms with Crippen LogP contribution in [0, 0.1) is 11.8 Å². The first-order valence-corrected chi connectivity index (χ1v) is 7.06. The molecule has 4 nitrogen and oxygen atoms in total. The van der Waals surface area contributed by atoms with E-state index in [1.54, 1.807) is 0 Å². The molecule has 18 heavy (non-hydrogen) atoms. The second-order valence-electron chi connectivity index (χ2n) is 5.36. The summed E-state index contributed by atoms with van der Waals surface area (Å²) in [6, 6.07) is 0. The fraction of sp³-hybridized carbons (Fsp3) is 0.786. The Bertz CT molecular complexity index is 394. The molecule has 1 atom stereocenters. The van der Waals surface area contributed by atoms with E-state index in [4.69, 9.17) is 4.42 Å². The number of ketones is 1. The van der Waals surface area contributed by atoms with Gasteiger partial charge in [-0.2, -0.15) is 0 Å². The third kappa shape index (κ3) is 3.18. The second-order valence-corrected chi connectivity index (χ2v) is 5.36. The van der Waals surface area contributed by atoms with Crippen molar-refractivity contribution >= 4 is 5.78 Å². The number of hydrogen-bond donors (Lipinski definition) is 0. The minimum atomic E-state index is 0.000253. The van der Waals surface area contributed by atoms with Crippen LogP contribution >= 0.6 is 0 Å². The first-order chi connectivity index (χ1) is 8.70. The van der Waals surface area contributed by atoms with Gasteiger partial charge in [0.05, 0.1) is 0 Å². The molecule has 0 saturated heterocycles. The van der Waals surface area contributed by atoms with Crippen molar-refractivity contribution in [3.63, 3.8) is 0 Å². The van der Waals surface area contributed by atoms with Crippen LogP contribution in [0.1, 0.15) is 68.9 Å². The summed E-state index contributed by atoms with van der Waals surface area (Å²) in [6.45, 7) is 4.11. The monoisotopic (exact) mass is 250 g/mol. The molecule has 0 spiro atoms. The van der Waals surface area contributed by atoms with Crippen molar-refractivity contribution in [1.29, 1.82) is 0 Å². The average molecular weight is 250 g/mol. The molecule has 0 N–H and O–H groups in total. The molecule has 0 amide bonds. The molecule has 0 aromatic carbocycles. The van der Waals surface area contributed by atoms with Crippen molar-refractivity contribution < 1.29 is 9.21 Å². The Labute approximate surface area is 108 Å². The highest BCUT2D eigenvalue weighted by atomic mass is 16.4. The lowest BCUT2D eigenvalue weighted by Crippen LogP contribution is -2.18. The van der Waals surface area contributed by atoms with Crippen LogP contribution in [0.5, 0.6) is 0 Å². The summed E-state index contributed by atoms with van der Waals surface area (Å²) in [4.78, 5) is 12.0. The Morgan fingerprint density at radius 3 is 2.67 bits per heavy atom. The fourth-order valence-corrected chi connectivity index (χ4v) is 2.76. The normalized spacial score (nSPS) is 18.8. The minimum absolute atomic E-state index is 0.000253. The molecule has 0 aliphatic heterocycles. The highest BCUT2D eigenvalue weighted by molar-refractivity contribution is 5.91. The van der Waals surface area contributed by atoms with E-state index in [1.807, 2.05) is 6.92 Å². The van der Waals surface area contributed by atoms with Gasteiger partial charge in [-0.3, -0.25) is 4.79 Å². The lowest BCUT2D eigenvalue weighted by Gasteiger charge is -2.26. The smallest absolute Gasteiger partial charge is 0.283 e. The van der Waals surface area contributed by atoms with Gasteiger partial charge in [-0.25, -0.2) is 0 Å². The van der Waals surface area contributed by atoms with Gasteiger partial charge in [0.2, 0.25) is 11.7 Å². The molecule has 1 fully saturated rings. The van der Waals surface area contributed by atoms with E-state index in [0.29, 0.717) is 30.6 Å². The van der Waals surface area contributed by atoms with Gasteiger partial charge < -0.3 is 4.42 Å².